The maximum absolute atomic E-state index is 5.95. The third-order valence-corrected chi connectivity index (χ3v) is 4.32. The van der Waals surface area contributed by atoms with Crippen molar-refractivity contribution >= 4 is 17.2 Å². The number of rotatable bonds is 5. The molecule has 0 aliphatic rings. The first kappa shape index (κ1) is 15.0. The molecule has 108 valence electrons. The summed E-state index contributed by atoms with van der Waals surface area (Å²) in [4.78, 5) is 8.45. The summed E-state index contributed by atoms with van der Waals surface area (Å²) in [5.74, 6) is 1.04. The predicted octanol–water partition coefficient (Wildman–Crippen LogP) is 3.63. The monoisotopic (exact) mass is 289 g/mol. The average Bonchev–Trinajstić information content (AvgIpc) is 2.87. The summed E-state index contributed by atoms with van der Waals surface area (Å²) >= 11 is 1.78. The number of pyridine rings is 1. The maximum Gasteiger partial charge on any atom is 0.134 e. The van der Waals surface area contributed by atoms with Crippen molar-refractivity contribution in [2.24, 2.45) is 5.73 Å². The van der Waals surface area contributed by atoms with Crippen LogP contribution >= 0.6 is 11.3 Å². The number of anilines is 1. The van der Waals surface area contributed by atoms with Gasteiger partial charge in [0.25, 0.3) is 0 Å². The molecule has 0 saturated heterocycles. The minimum absolute atomic E-state index is 0.385. The molecule has 0 radical (unpaired) electrons. The van der Waals surface area contributed by atoms with Gasteiger partial charge >= 0.3 is 0 Å². The number of hydrogen-bond acceptors (Lipinski definition) is 4. The fourth-order valence-corrected chi connectivity index (χ4v) is 3.11. The molecule has 2 N–H and O–H groups in total. The van der Waals surface area contributed by atoms with Crippen LogP contribution in [-0.4, -0.2) is 11.0 Å². The first-order valence-corrected chi connectivity index (χ1v) is 7.87. The molecular formula is C16H23N3S. The van der Waals surface area contributed by atoms with Gasteiger partial charge in [0.05, 0.1) is 6.54 Å². The van der Waals surface area contributed by atoms with Crippen LogP contribution in [0, 0.1) is 13.8 Å². The van der Waals surface area contributed by atoms with Crippen LogP contribution in [0.3, 0.4) is 0 Å². The van der Waals surface area contributed by atoms with Gasteiger partial charge in [0, 0.05) is 28.7 Å². The Kier molecular flexibility index (Phi) is 4.78. The zero-order valence-corrected chi connectivity index (χ0v) is 13.5. The van der Waals surface area contributed by atoms with Crippen LogP contribution in [0.5, 0.6) is 0 Å². The molecule has 2 aromatic rings. The maximum atomic E-state index is 5.95. The smallest absolute Gasteiger partial charge is 0.134 e. The van der Waals surface area contributed by atoms with Crippen molar-refractivity contribution in [3.63, 3.8) is 0 Å². The van der Waals surface area contributed by atoms with Crippen LogP contribution in [0.4, 0.5) is 5.82 Å². The Morgan fingerprint density at radius 1 is 1.35 bits per heavy atom. The largest absolute Gasteiger partial charge is 0.349 e. The standard InChI is InChI=1S/C16H23N3S/c1-11(2)19(10-14-6-5-7-20-14)16-15(9-17)12(3)8-13(4)18-16/h5-8,11H,9-10,17H2,1-4H3. The molecule has 0 fully saturated rings. The molecule has 0 saturated carbocycles. The second kappa shape index (κ2) is 6.37. The van der Waals surface area contributed by atoms with Crippen LogP contribution in [0.1, 0.15) is 35.5 Å². The van der Waals surface area contributed by atoms with E-state index in [2.05, 4.69) is 49.3 Å². The van der Waals surface area contributed by atoms with Gasteiger partial charge in [-0.1, -0.05) is 6.07 Å². The van der Waals surface area contributed by atoms with Gasteiger partial charge in [-0.05, 0) is 50.8 Å². The highest BCUT2D eigenvalue weighted by molar-refractivity contribution is 7.09. The molecule has 0 amide bonds. The van der Waals surface area contributed by atoms with E-state index in [-0.39, 0.29) is 0 Å². The Balaban J connectivity index is 2.43. The molecule has 0 unspecified atom stereocenters. The second-order valence-electron chi connectivity index (χ2n) is 5.39. The van der Waals surface area contributed by atoms with Crippen LogP contribution in [-0.2, 0) is 13.1 Å². The lowest BCUT2D eigenvalue weighted by Gasteiger charge is -2.30. The van der Waals surface area contributed by atoms with E-state index in [0.29, 0.717) is 12.6 Å². The van der Waals surface area contributed by atoms with Crippen molar-refractivity contribution < 1.29 is 0 Å². The summed E-state index contributed by atoms with van der Waals surface area (Å²) in [6.07, 6.45) is 0. The van der Waals surface area contributed by atoms with Crippen molar-refractivity contribution in [3.05, 3.63) is 45.3 Å². The van der Waals surface area contributed by atoms with Gasteiger partial charge in [-0.25, -0.2) is 4.98 Å². The van der Waals surface area contributed by atoms with Crippen LogP contribution in [0.2, 0.25) is 0 Å². The Bertz CT molecular complexity index is 561. The molecule has 20 heavy (non-hydrogen) atoms. The number of hydrogen-bond donors (Lipinski definition) is 1. The van der Waals surface area contributed by atoms with Crippen LogP contribution < -0.4 is 10.6 Å². The first-order valence-electron chi connectivity index (χ1n) is 6.99. The topological polar surface area (TPSA) is 42.1 Å². The Labute approximate surface area is 125 Å². The van der Waals surface area contributed by atoms with Gasteiger partial charge in [-0.2, -0.15) is 0 Å². The molecule has 4 heteroatoms. The predicted molar refractivity (Wildman–Crippen MR) is 87.2 cm³/mol. The fourth-order valence-electron chi connectivity index (χ4n) is 2.41. The van der Waals surface area contributed by atoms with Crippen molar-refractivity contribution in [1.29, 1.82) is 0 Å². The second-order valence-corrected chi connectivity index (χ2v) is 6.42. The number of aryl methyl sites for hydroxylation is 2. The molecule has 2 heterocycles. The Morgan fingerprint density at radius 3 is 2.65 bits per heavy atom. The lowest BCUT2D eigenvalue weighted by molar-refractivity contribution is 0.670. The van der Waals surface area contributed by atoms with E-state index in [0.717, 1.165) is 23.6 Å². The van der Waals surface area contributed by atoms with E-state index < -0.39 is 0 Å². The summed E-state index contributed by atoms with van der Waals surface area (Å²) in [6, 6.07) is 6.76. The van der Waals surface area contributed by atoms with E-state index in [9.17, 15) is 0 Å². The third kappa shape index (κ3) is 3.19. The highest BCUT2D eigenvalue weighted by atomic mass is 32.1. The molecule has 0 aliphatic heterocycles. The zero-order valence-electron chi connectivity index (χ0n) is 12.7. The fraction of sp³-hybridized carbons (Fsp3) is 0.438. The van der Waals surface area contributed by atoms with E-state index in [1.54, 1.807) is 11.3 Å². The molecule has 2 rings (SSSR count). The van der Waals surface area contributed by atoms with Gasteiger partial charge in [0.1, 0.15) is 5.82 Å². The van der Waals surface area contributed by atoms with Crippen molar-refractivity contribution in [2.45, 2.75) is 46.8 Å². The number of aromatic nitrogens is 1. The van der Waals surface area contributed by atoms with Gasteiger partial charge in [-0.3, -0.25) is 0 Å². The number of nitrogens with zero attached hydrogens (tertiary/aromatic N) is 2. The van der Waals surface area contributed by atoms with Crippen molar-refractivity contribution in [1.82, 2.24) is 4.98 Å². The Hall–Kier alpha value is -1.39. The molecule has 0 spiro atoms. The van der Waals surface area contributed by atoms with Gasteiger partial charge in [-0.15, -0.1) is 11.3 Å². The van der Waals surface area contributed by atoms with E-state index >= 15 is 0 Å². The van der Waals surface area contributed by atoms with E-state index in [1.807, 2.05) is 6.92 Å². The van der Waals surface area contributed by atoms with Gasteiger partial charge in [0.15, 0.2) is 0 Å². The Morgan fingerprint density at radius 2 is 2.10 bits per heavy atom. The summed E-state index contributed by atoms with van der Waals surface area (Å²) in [5.41, 5.74) is 9.38. The summed E-state index contributed by atoms with van der Waals surface area (Å²) in [6.45, 7) is 9.98. The van der Waals surface area contributed by atoms with Gasteiger partial charge < -0.3 is 10.6 Å². The lowest BCUT2D eigenvalue weighted by Crippen LogP contribution is -2.32. The molecular weight excluding hydrogens is 266 g/mol. The third-order valence-electron chi connectivity index (χ3n) is 3.46. The molecule has 3 nitrogen and oxygen atoms in total. The van der Waals surface area contributed by atoms with Crippen molar-refractivity contribution in [2.75, 3.05) is 4.90 Å². The highest BCUT2D eigenvalue weighted by Gasteiger charge is 2.18. The normalized spacial score (nSPS) is 11.1. The molecule has 0 aromatic carbocycles. The summed E-state index contributed by atoms with van der Waals surface area (Å²) in [5, 5.41) is 2.12. The van der Waals surface area contributed by atoms with E-state index in [1.165, 1.54) is 10.4 Å². The highest BCUT2D eigenvalue weighted by Crippen LogP contribution is 2.26. The van der Waals surface area contributed by atoms with Gasteiger partial charge in [0.2, 0.25) is 0 Å². The summed E-state index contributed by atoms with van der Waals surface area (Å²) < 4.78 is 0. The quantitative estimate of drug-likeness (QED) is 0.914. The lowest BCUT2D eigenvalue weighted by atomic mass is 10.1. The number of nitrogens with two attached hydrogens (primary N) is 1. The molecule has 2 aromatic heterocycles. The summed E-state index contributed by atoms with van der Waals surface area (Å²) in [7, 11) is 0. The molecule has 0 aliphatic carbocycles. The zero-order chi connectivity index (χ0) is 14.7. The molecule has 0 atom stereocenters. The van der Waals surface area contributed by atoms with E-state index in [4.69, 9.17) is 10.7 Å². The minimum Gasteiger partial charge on any atom is -0.349 e. The van der Waals surface area contributed by atoms with Crippen LogP contribution in [0.15, 0.2) is 23.6 Å². The first-order chi connectivity index (χ1) is 9.52. The van der Waals surface area contributed by atoms with Crippen LogP contribution in [0.25, 0.3) is 0 Å². The molecule has 0 bridgehead atoms. The van der Waals surface area contributed by atoms with Crippen molar-refractivity contribution in [3.8, 4) is 0 Å². The number of thiophene rings is 1. The average molecular weight is 289 g/mol. The minimum atomic E-state index is 0.385. The SMILES string of the molecule is Cc1cc(C)c(CN)c(N(Cc2cccs2)C(C)C)n1.